The van der Waals surface area contributed by atoms with Gasteiger partial charge in [0.1, 0.15) is 0 Å². The van der Waals surface area contributed by atoms with Gasteiger partial charge in [-0.1, -0.05) is 32.9 Å². The smallest absolute Gasteiger partial charge is 0.267 e. The Hall–Kier alpha value is -1.23. The fourth-order valence-corrected chi connectivity index (χ4v) is 4.46. The predicted molar refractivity (Wildman–Crippen MR) is 86.9 cm³/mol. The first kappa shape index (κ1) is 14.7. The highest BCUT2D eigenvalue weighted by Gasteiger charge is 2.31. The van der Waals surface area contributed by atoms with E-state index < -0.39 is 0 Å². The van der Waals surface area contributed by atoms with E-state index in [4.69, 9.17) is 0 Å². The molecule has 0 saturated carbocycles. The van der Waals surface area contributed by atoms with Crippen LogP contribution in [0.2, 0.25) is 0 Å². The molecule has 1 aliphatic rings. The van der Waals surface area contributed by atoms with Gasteiger partial charge in [-0.25, -0.2) is 4.68 Å². The van der Waals surface area contributed by atoms with Crippen LogP contribution >= 0.6 is 11.3 Å². The van der Waals surface area contributed by atoms with Crippen LogP contribution in [0, 0.1) is 11.3 Å². The van der Waals surface area contributed by atoms with Gasteiger partial charge in [0.25, 0.3) is 5.56 Å². The summed E-state index contributed by atoms with van der Waals surface area (Å²) in [6.45, 7) is 9.63. The average molecular weight is 305 g/mol. The maximum Gasteiger partial charge on any atom is 0.278 e. The number of hydrogen-bond acceptors (Lipinski definition) is 4. The molecule has 0 radical (unpaired) electrons. The summed E-state index contributed by atoms with van der Waals surface area (Å²) in [6, 6.07) is 0. The molecule has 0 spiro atoms. The van der Waals surface area contributed by atoms with Crippen LogP contribution in [0.25, 0.3) is 10.2 Å². The minimum absolute atomic E-state index is 0.0496. The van der Waals surface area contributed by atoms with Gasteiger partial charge in [0.15, 0.2) is 4.83 Å². The highest BCUT2D eigenvalue weighted by Crippen LogP contribution is 2.41. The molecule has 21 heavy (non-hydrogen) atoms. The molecule has 2 heterocycles. The number of fused-ring (bicyclic) bond motifs is 3. The lowest BCUT2D eigenvalue weighted by Gasteiger charge is -2.33. The van der Waals surface area contributed by atoms with Gasteiger partial charge < -0.3 is 0 Å². The quantitative estimate of drug-likeness (QED) is 0.854. The van der Waals surface area contributed by atoms with Gasteiger partial charge in [-0.2, -0.15) is 0 Å². The van der Waals surface area contributed by atoms with Crippen LogP contribution in [0.1, 0.15) is 51.0 Å². The molecule has 0 bridgehead atoms. The van der Waals surface area contributed by atoms with E-state index in [9.17, 15) is 4.79 Å². The van der Waals surface area contributed by atoms with Gasteiger partial charge in [-0.3, -0.25) is 4.79 Å². The monoisotopic (exact) mass is 305 g/mol. The largest absolute Gasteiger partial charge is 0.278 e. The van der Waals surface area contributed by atoms with Crippen LogP contribution in [0.4, 0.5) is 0 Å². The van der Waals surface area contributed by atoms with Crippen molar-refractivity contribution < 1.29 is 0 Å². The van der Waals surface area contributed by atoms with Crippen LogP contribution in [-0.4, -0.2) is 15.0 Å². The van der Waals surface area contributed by atoms with E-state index in [0.29, 0.717) is 17.9 Å². The summed E-state index contributed by atoms with van der Waals surface area (Å²) in [5.41, 5.74) is 1.62. The lowest BCUT2D eigenvalue weighted by atomic mass is 9.72. The van der Waals surface area contributed by atoms with E-state index in [0.717, 1.165) is 35.9 Å². The Bertz CT molecular complexity index is 723. The van der Waals surface area contributed by atoms with E-state index in [1.807, 2.05) is 0 Å². The minimum atomic E-state index is 0.0496. The van der Waals surface area contributed by atoms with Crippen molar-refractivity contribution >= 4 is 21.6 Å². The number of rotatable bonds is 2. The van der Waals surface area contributed by atoms with E-state index in [1.165, 1.54) is 15.1 Å². The summed E-state index contributed by atoms with van der Waals surface area (Å²) in [5, 5.41) is 9.19. The molecule has 0 N–H and O–H groups in total. The molecule has 0 amide bonds. The topological polar surface area (TPSA) is 47.8 Å². The van der Waals surface area contributed by atoms with E-state index in [1.54, 1.807) is 11.3 Å². The van der Waals surface area contributed by atoms with Crippen LogP contribution in [0.15, 0.2) is 4.79 Å². The molecule has 1 atom stereocenters. The Morgan fingerprint density at radius 1 is 1.38 bits per heavy atom. The fourth-order valence-electron chi connectivity index (χ4n) is 3.22. The maximum atomic E-state index is 12.6. The second-order valence-electron chi connectivity index (χ2n) is 7.11. The molecular weight excluding hydrogens is 282 g/mol. The van der Waals surface area contributed by atoms with Gasteiger partial charge in [0.05, 0.1) is 5.39 Å². The Balaban J connectivity index is 2.08. The molecule has 4 nitrogen and oxygen atoms in total. The third-order valence-electron chi connectivity index (χ3n) is 4.60. The normalized spacial score (nSPS) is 19.0. The van der Waals surface area contributed by atoms with Crippen LogP contribution in [0.5, 0.6) is 0 Å². The van der Waals surface area contributed by atoms with Gasteiger partial charge in [0, 0.05) is 11.4 Å². The SMILES string of the molecule is CCCn1nnc2sc3c(c2c1=O)CCC(C(C)(C)C)C3. The number of thiophene rings is 1. The zero-order valence-corrected chi connectivity index (χ0v) is 14.1. The van der Waals surface area contributed by atoms with E-state index in [-0.39, 0.29) is 5.56 Å². The zero-order chi connectivity index (χ0) is 15.2. The molecule has 5 heteroatoms. The second kappa shape index (κ2) is 5.20. The summed E-state index contributed by atoms with van der Waals surface area (Å²) < 4.78 is 1.52. The third-order valence-corrected chi connectivity index (χ3v) is 5.74. The first-order chi connectivity index (χ1) is 9.91. The van der Waals surface area contributed by atoms with Crippen molar-refractivity contribution in [1.29, 1.82) is 0 Å². The van der Waals surface area contributed by atoms with Gasteiger partial charge in [0.2, 0.25) is 0 Å². The first-order valence-corrected chi connectivity index (χ1v) is 8.61. The summed E-state index contributed by atoms with van der Waals surface area (Å²) in [4.78, 5) is 14.8. The summed E-state index contributed by atoms with van der Waals surface area (Å²) in [5.74, 6) is 0.684. The fraction of sp³-hybridized carbons (Fsp3) is 0.688. The van der Waals surface area contributed by atoms with Crippen LogP contribution < -0.4 is 5.56 Å². The van der Waals surface area contributed by atoms with Crippen molar-refractivity contribution in [1.82, 2.24) is 15.0 Å². The van der Waals surface area contributed by atoms with Crippen LogP contribution in [0.3, 0.4) is 0 Å². The summed E-state index contributed by atoms with van der Waals surface area (Å²) >= 11 is 1.67. The highest BCUT2D eigenvalue weighted by molar-refractivity contribution is 7.18. The second-order valence-corrected chi connectivity index (χ2v) is 8.19. The lowest BCUT2D eigenvalue weighted by Crippen LogP contribution is -2.27. The van der Waals surface area contributed by atoms with Crippen LogP contribution in [-0.2, 0) is 19.4 Å². The molecule has 2 aromatic rings. The molecule has 0 fully saturated rings. The predicted octanol–water partition coefficient (Wildman–Crippen LogP) is 3.41. The standard InChI is InChI=1S/C16H23N3OS/c1-5-8-19-15(20)13-11-7-6-10(16(2,3)4)9-12(11)21-14(13)17-18-19/h10H,5-9H2,1-4H3. The molecule has 114 valence electrons. The lowest BCUT2D eigenvalue weighted by molar-refractivity contribution is 0.218. The van der Waals surface area contributed by atoms with Crippen molar-refractivity contribution in [2.75, 3.05) is 0 Å². The summed E-state index contributed by atoms with van der Waals surface area (Å²) in [7, 11) is 0. The Kier molecular flexibility index (Phi) is 3.64. The van der Waals surface area contributed by atoms with Crippen molar-refractivity contribution in [2.45, 2.75) is 59.9 Å². The van der Waals surface area contributed by atoms with Gasteiger partial charge in [-0.05, 0) is 42.6 Å². The maximum absolute atomic E-state index is 12.6. The van der Waals surface area contributed by atoms with E-state index >= 15 is 0 Å². The Morgan fingerprint density at radius 2 is 2.14 bits per heavy atom. The molecule has 2 aromatic heterocycles. The van der Waals surface area contributed by atoms with Crippen molar-refractivity contribution in [3.05, 3.63) is 20.8 Å². The summed E-state index contributed by atoms with van der Waals surface area (Å²) in [6.07, 6.45) is 4.15. The van der Waals surface area contributed by atoms with Crippen molar-refractivity contribution in [3.63, 3.8) is 0 Å². The van der Waals surface area contributed by atoms with Gasteiger partial charge in [-0.15, -0.1) is 16.4 Å². The molecule has 0 aromatic carbocycles. The average Bonchev–Trinajstić information content (AvgIpc) is 2.79. The molecule has 0 saturated heterocycles. The first-order valence-electron chi connectivity index (χ1n) is 7.80. The van der Waals surface area contributed by atoms with Gasteiger partial charge >= 0.3 is 0 Å². The number of aryl methyl sites for hydroxylation is 2. The molecular formula is C16H23N3OS. The molecule has 0 aliphatic heterocycles. The molecule has 1 unspecified atom stereocenters. The Labute approximate surface area is 129 Å². The number of nitrogens with zero attached hydrogens (tertiary/aromatic N) is 3. The molecule has 1 aliphatic carbocycles. The van der Waals surface area contributed by atoms with Crippen molar-refractivity contribution in [2.24, 2.45) is 11.3 Å². The Morgan fingerprint density at radius 3 is 2.81 bits per heavy atom. The third kappa shape index (κ3) is 2.52. The number of aromatic nitrogens is 3. The molecule has 3 rings (SSSR count). The van der Waals surface area contributed by atoms with E-state index in [2.05, 4.69) is 38.0 Å². The highest BCUT2D eigenvalue weighted by atomic mass is 32.1. The van der Waals surface area contributed by atoms with Crippen molar-refractivity contribution in [3.8, 4) is 0 Å². The zero-order valence-electron chi connectivity index (χ0n) is 13.3. The minimum Gasteiger partial charge on any atom is -0.267 e. The number of hydrogen-bond donors (Lipinski definition) is 0.